The number of amides is 1. The molecule has 2 rings (SSSR count). The van der Waals surface area contributed by atoms with E-state index >= 15 is 0 Å². The number of hydrogen-bond acceptors (Lipinski definition) is 3. The van der Waals surface area contributed by atoms with Gasteiger partial charge in [-0.1, -0.05) is 6.07 Å². The third kappa shape index (κ3) is 3.98. The normalized spacial score (nSPS) is 10.8. The molecule has 1 aromatic carbocycles. The topological polar surface area (TPSA) is 52.5 Å². The third-order valence-corrected chi connectivity index (χ3v) is 3.23. The number of fused-ring (bicyclic) bond motifs is 1. The molecular formula is C16H22N2O3. The van der Waals surface area contributed by atoms with E-state index in [2.05, 4.69) is 5.32 Å². The minimum Gasteiger partial charge on any atom is -0.493 e. The fraction of sp³-hybridized carbons (Fsp3) is 0.438. The molecule has 0 spiro atoms. The van der Waals surface area contributed by atoms with Crippen LogP contribution < -0.4 is 10.1 Å². The average molecular weight is 290 g/mol. The summed E-state index contributed by atoms with van der Waals surface area (Å²) in [6.07, 6.45) is 2.74. The van der Waals surface area contributed by atoms with Crippen molar-refractivity contribution in [2.24, 2.45) is 0 Å². The number of nitrogens with one attached hydrogen (secondary N) is 1. The molecule has 0 saturated carbocycles. The van der Waals surface area contributed by atoms with E-state index in [9.17, 15) is 4.79 Å². The molecule has 1 aromatic heterocycles. The van der Waals surface area contributed by atoms with Gasteiger partial charge in [0.05, 0.1) is 12.1 Å². The summed E-state index contributed by atoms with van der Waals surface area (Å²) in [6, 6.07) is 7.87. The van der Waals surface area contributed by atoms with Crippen molar-refractivity contribution in [1.29, 1.82) is 0 Å². The van der Waals surface area contributed by atoms with E-state index in [1.54, 1.807) is 7.11 Å². The highest BCUT2D eigenvalue weighted by molar-refractivity contribution is 5.88. The lowest BCUT2D eigenvalue weighted by Crippen LogP contribution is -2.28. The van der Waals surface area contributed by atoms with Gasteiger partial charge in [0.15, 0.2) is 0 Å². The van der Waals surface area contributed by atoms with Gasteiger partial charge in [0.2, 0.25) is 5.91 Å². The van der Waals surface area contributed by atoms with E-state index in [4.69, 9.17) is 9.47 Å². The predicted molar refractivity (Wildman–Crippen MR) is 82.6 cm³/mol. The second kappa shape index (κ2) is 7.69. The van der Waals surface area contributed by atoms with Crippen LogP contribution in [0, 0.1) is 0 Å². The molecule has 5 nitrogen and oxygen atoms in total. The molecule has 0 radical (unpaired) electrons. The van der Waals surface area contributed by atoms with Gasteiger partial charge in [-0.15, -0.1) is 0 Å². The van der Waals surface area contributed by atoms with Crippen molar-refractivity contribution in [3.8, 4) is 5.75 Å². The number of methoxy groups -OCH3 is 1. The maximum absolute atomic E-state index is 11.9. The van der Waals surface area contributed by atoms with E-state index in [-0.39, 0.29) is 5.91 Å². The molecule has 0 atom stereocenters. The molecule has 5 heteroatoms. The van der Waals surface area contributed by atoms with Crippen LogP contribution in [0.1, 0.15) is 13.3 Å². The maximum Gasteiger partial charge on any atom is 0.239 e. The van der Waals surface area contributed by atoms with Crippen molar-refractivity contribution in [1.82, 2.24) is 9.88 Å². The molecule has 0 fully saturated rings. The Labute approximate surface area is 124 Å². The van der Waals surface area contributed by atoms with Crippen LogP contribution in [0.3, 0.4) is 0 Å². The van der Waals surface area contributed by atoms with Gasteiger partial charge in [0.25, 0.3) is 0 Å². The Morgan fingerprint density at radius 2 is 2.19 bits per heavy atom. The zero-order valence-corrected chi connectivity index (χ0v) is 12.6. The first-order chi connectivity index (χ1) is 10.3. The van der Waals surface area contributed by atoms with Crippen LogP contribution in [0.25, 0.3) is 10.9 Å². The lowest BCUT2D eigenvalue weighted by molar-refractivity contribution is -0.121. The van der Waals surface area contributed by atoms with Crippen molar-refractivity contribution in [3.05, 3.63) is 30.5 Å². The van der Waals surface area contributed by atoms with Crippen molar-refractivity contribution in [2.45, 2.75) is 19.9 Å². The Morgan fingerprint density at radius 3 is 2.95 bits per heavy atom. The first-order valence-corrected chi connectivity index (χ1v) is 7.22. The zero-order chi connectivity index (χ0) is 15.1. The molecule has 0 aliphatic rings. The summed E-state index contributed by atoms with van der Waals surface area (Å²) in [5, 5.41) is 3.92. The summed E-state index contributed by atoms with van der Waals surface area (Å²) >= 11 is 0. The Kier molecular flexibility index (Phi) is 5.63. The van der Waals surface area contributed by atoms with E-state index < -0.39 is 0 Å². The van der Waals surface area contributed by atoms with Gasteiger partial charge in [-0.05, 0) is 31.5 Å². The van der Waals surface area contributed by atoms with Crippen molar-refractivity contribution in [3.63, 3.8) is 0 Å². The monoisotopic (exact) mass is 290 g/mol. The van der Waals surface area contributed by atoms with Gasteiger partial charge in [-0.25, -0.2) is 0 Å². The van der Waals surface area contributed by atoms with Crippen LogP contribution in [0.15, 0.2) is 30.5 Å². The maximum atomic E-state index is 11.9. The number of carbonyl (C=O) groups excluding carboxylic acids is 1. The highest BCUT2D eigenvalue weighted by Crippen LogP contribution is 2.26. The summed E-state index contributed by atoms with van der Waals surface area (Å²) in [5.41, 5.74) is 1.01. The summed E-state index contributed by atoms with van der Waals surface area (Å²) < 4.78 is 12.5. The second-order valence-corrected chi connectivity index (χ2v) is 4.76. The summed E-state index contributed by atoms with van der Waals surface area (Å²) in [7, 11) is 1.66. The molecule has 1 amide bonds. The van der Waals surface area contributed by atoms with Gasteiger partial charge in [0.1, 0.15) is 12.3 Å². The average Bonchev–Trinajstić information content (AvgIpc) is 2.88. The molecular weight excluding hydrogens is 268 g/mol. The molecule has 0 unspecified atom stereocenters. The third-order valence-electron chi connectivity index (χ3n) is 3.23. The molecule has 2 aromatic rings. The molecule has 21 heavy (non-hydrogen) atoms. The van der Waals surface area contributed by atoms with Crippen LogP contribution >= 0.6 is 0 Å². The largest absolute Gasteiger partial charge is 0.493 e. The van der Waals surface area contributed by atoms with Crippen molar-refractivity contribution >= 4 is 16.8 Å². The summed E-state index contributed by atoms with van der Waals surface area (Å²) in [6.45, 7) is 4.19. The molecule has 0 saturated heterocycles. The first-order valence-electron chi connectivity index (χ1n) is 7.22. The highest BCUT2D eigenvalue weighted by Gasteiger charge is 2.09. The van der Waals surface area contributed by atoms with Gasteiger partial charge >= 0.3 is 0 Å². The van der Waals surface area contributed by atoms with E-state index in [1.165, 1.54) is 0 Å². The van der Waals surface area contributed by atoms with Gasteiger partial charge < -0.3 is 19.4 Å². The van der Waals surface area contributed by atoms with Gasteiger partial charge in [0, 0.05) is 31.8 Å². The van der Waals surface area contributed by atoms with Crippen LogP contribution in [0.5, 0.6) is 5.75 Å². The van der Waals surface area contributed by atoms with Crippen LogP contribution in [0.4, 0.5) is 0 Å². The fourth-order valence-electron chi connectivity index (χ4n) is 2.27. The Balaban J connectivity index is 2.02. The van der Waals surface area contributed by atoms with E-state index in [0.717, 1.165) is 23.1 Å². The molecule has 1 heterocycles. The first kappa shape index (κ1) is 15.4. The number of nitrogens with zero attached hydrogens (tertiary/aromatic N) is 1. The minimum atomic E-state index is 0.00501. The standard InChI is InChI=1S/C16H22N2O3/c1-3-21-15-7-4-6-14-13(15)8-10-18(14)12-16(19)17-9-5-11-20-2/h4,6-8,10H,3,5,9,11-12H2,1-2H3,(H,17,19). The predicted octanol–water partition coefficient (Wildman–Crippen LogP) is 2.19. The van der Waals surface area contributed by atoms with Gasteiger partial charge in [-0.2, -0.15) is 0 Å². The lowest BCUT2D eigenvalue weighted by Gasteiger charge is -2.08. The zero-order valence-electron chi connectivity index (χ0n) is 12.6. The van der Waals surface area contributed by atoms with Crippen molar-refractivity contribution < 1.29 is 14.3 Å². The number of aromatic nitrogens is 1. The lowest BCUT2D eigenvalue weighted by atomic mass is 10.2. The second-order valence-electron chi connectivity index (χ2n) is 4.76. The van der Waals surface area contributed by atoms with Crippen LogP contribution in [-0.4, -0.2) is 37.3 Å². The summed E-state index contributed by atoms with van der Waals surface area (Å²) in [4.78, 5) is 11.9. The fourth-order valence-corrected chi connectivity index (χ4v) is 2.27. The number of carbonyl (C=O) groups is 1. The van der Waals surface area contributed by atoms with Gasteiger partial charge in [-0.3, -0.25) is 4.79 Å². The molecule has 0 bridgehead atoms. The molecule has 114 valence electrons. The Bertz CT molecular complexity index is 592. The Morgan fingerprint density at radius 1 is 1.33 bits per heavy atom. The number of benzene rings is 1. The number of hydrogen-bond donors (Lipinski definition) is 1. The SMILES string of the molecule is CCOc1cccc2c1ccn2CC(=O)NCCCOC. The summed E-state index contributed by atoms with van der Waals surface area (Å²) in [5.74, 6) is 0.861. The van der Waals surface area contributed by atoms with Crippen molar-refractivity contribution in [2.75, 3.05) is 26.9 Å². The molecule has 0 aliphatic heterocycles. The quantitative estimate of drug-likeness (QED) is 0.758. The number of rotatable bonds is 8. The smallest absolute Gasteiger partial charge is 0.239 e. The molecule has 1 N–H and O–H groups in total. The minimum absolute atomic E-state index is 0.00501. The number of ether oxygens (including phenoxy) is 2. The van der Waals surface area contributed by atoms with Crippen LogP contribution in [0.2, 0.25) is 0 Å². The highest BCUT2D eigenvalue weighted by atomic mass is 16.5. The molecule has 0 aliphatic carbocycles. The Hall–Kier alpha value is -2.01. The van der Waals surface area contributed by atoms with Crippen LogP contribution in [-0.2, 0) is 16.1 Å². The van der Waals surface area contributed by atoms with E-state index in [1.807, 2.05) is 42.0 Å². The van der Waals surface area contributed by atoms with E-state index in [0.29, 0.717) is 26.3 Å².